The number of carbonyl (C=O) groups is 1. The van der Waals surface area contributed by atoms with Gasteiger partial charge in [-0.3, -0.25) is 24.4 Å². The molecule has 0 amide bonds. The van der Waals surface area contributed by atoms with E-state index in [1.807, 2.05) is 4.90 Å². The smallest absolute Gasteiger partial charge is 0.319 e. The van der Waals surface area contributed by atoms with Gasteiger partial charge in [0.25, 0.3) is 0 Å². The first-order valence-corrected chi connectivity index (χ1v) is 9.67. The van der Waals surface area contributed by atoms with Crippen molar-refractivity contribution in [3.8, 4) is 0 Å². The third-order valence-electron chi connectivity index (χ3n) is 4.75. The molecule has 0 saturated carbocycles. The van der Waals surface area contributed by atoms with Gasteiger partial charge in [-0.05, 0) is 18.9 Å². The van der Waals surface area contributed by atoms with Crippen LogP contribution in [0, 0.1) is 39.9 Å². The van der Waals surface area contributed by atoms with Gasteiger partial charge in [-0.25, -0.2) is 0 Å². The molecule has 0 aromatic heterocycles. The van der Waals surface area contributed by atoms with Gasteiger partial charge in [0, 0.05) is 112 Å². The van der Waals surface area contributed by atoms with Crippen LogP contribution in [0.4, 0.5) is 0 Å². The molecule has 1 heterocycles. The molecule has 3 N–H and O–H groups in total. The average Bonchev–Trinajstić information content (AvgIpc) is 2.62. The van der Waals surface area contributed by atoms with E-state index in [-0.39, 0.29) is 66.1 Å². The molecule has 1 aliphatic heterocycles. The fourth-order valence-electron chi connectivity index (χ4n) is 3.19. The average molecular weight is 579 g/mol. The maximum absolute atomic E-state index is 11.7. The molecular formula is C17H33GdN4O8-3. The van der Waals surface area contributed by atoms with Gasteiger partial charge in [-0.2, -0.15) is 0 Å². The number of ether oxygens (including phenoxy) is 1. The third-order valence-corrected chi connectivity index (χ3v) is 4.75. The molecule has 12 nitrogen and oxygen atoms in total. The molecule has 1 fully saturated rings. The van der Waals surface area contributed by atoms with Gasteiger partial charge in [0.15, 0.2) is 0 Å². The van der Waals surface area contributed by atoms with Crippen LogP contribution in [0.5, 0.6) is 0 Å². The van der Waals surface area contributed by atoms with Crippen LogP contribution in [0.3, 0.4) is 0 Å². The Morgan fingerprint density at radius 3 is 1.23 bits per heavy atom. The molecule has 0 radical (unpaired) electrons. The van der Waals surface area contributed by atoms with Crippen molar-refractivity contribution < 1.29 is 80.1 Å². The monoisotopic (exact) mass is 579 g/mol. The minimum absolute atomic E-state index is 0. The van der Waals surface area contributed by atoms with Gasteiger partial charge in [0.2, 0.25) is 0 Å². The van der Waals surface area contributed by atoms with E-state index < -0.39 is 24.8 Å². The molecule has 3 atom stereocenters. The number of methoxy groups -OCH3 is 1. The molecule has 1 aliphatic rings. The summed E-state index contributed by atoms with van der Waals surface area (Å²) in [6.45, 7) is 2.84. The van der Waals surface area contributed by atoms with Gasteiger partial charge in [0.1, 0.15) is 0 Å². The van der Waals surface area contributed by atoms with Gasteiger partial charge in [-0.1, -0.05) is 0 Å². The van der Waals surface area contributed by atoms with Crippen LogP contribution in [-0.4, -0.2) is 145 Å². The van der Waals surface area contributed by atoms with E-state index in [0.717, 1.165) is 0 Å². The summed E-state index contributed by atoms with van der Waals surface area (Å²) in [6.07, 6.45) is -5.33. The number of β-amino-alcohol motifs (C(OH)–C–C–N with tert-alkyl or cyclic N) is 3. The van der Waals surface area contributed by atoms with E-state index in [0.29, 0.717) is 52.4 Å². The van der Waals surface area contributed by atoms with Crippen LogP contribution in [0.25, 0.3) is 0 Å². The Balaban J connectivity index is 0.00000841. The summed E-state index contributed by atoms with van der Waals surface area (Å²) in [5.74, 6) is -0.418. The van der Waals surface area contributed by atoms with E-state index in [1.165, 1.54) is 7.11 Å². The Labute approximate surface area is 209 Å². The molecule has 180 valence electrons. The summed E-state index contributed by atoms with van der Waals surface area (Å²) >= 11 is 0. The second-order valence-corrected chi connectivity index (χ2v) is 7.12. The van der Waals surface area contributed by atoms with E-state index in [4.69, 9.17) is 4.74 Å². The van der Waals surface area contributed by atoms with E-state index in [9.17, 15) is 35.4 Å². The summed E-state index contributed by atoms with van der Waals surface area (Å²) < 4.78 is 4.71. The SMILES string of the molecule is COC(=O)CN1CCN(CC([O-])O)CCN(CC([O-])O)CCN(CC([O-])O)CC1.[Gd]. The number of carbonyl (C=O) groups excluding carboxylic acids is 1. The van der Waals surface area contributed by atoms with Crippen molar-refractivity contribution >= 4 is 5.97 Å². The molecule has 0 aliphatic carbocycles. The number of nitrogens with zero attached hydrogens (tertiary/aromatic N) is 4. The van der Waals surface area contributed by atoms with E-state index in [2.05, 4.69) is 0 Å². The molecule has 0 bridgehead atoms. The fourth-order valence-corrected chi connectivity index (χ4v) is 3.19. The number of hydrogen-bond acceptors (Lipinski definition) is 12. The number of rotatable bonds is 8. The van der Waals surface area contributed by atoms with Crippen LogP contribution < -0.4 is 15.3 Å². The van der Waals surface area contributed by atoms with Gasteiger partial charge < -0.3 is 35.4 Å². The molecule has 1 rings (SSSR count). The fraction of sp³-hybridized carbons (Fsp3) is 0.941. The Morgan fingerprint density at radius 1 is 0.733 bits per heavy atom. The summed E-state index contributed by atoms with van der Waals surface area (Å²) in [6, 6.07) is 0. The molecule has 30 heavy (non-hydrogen) atoms. The minimum Gasteiger partial charge on any atom is -0.830 e. The first kappa shape index (κ1) is 30.4. The summed E-state index contributed by atoms with van der Waals surface area (Å²) in [5, 5.41) is 61.4. The predicted molar refractivity (Wildman–Crippen MR) is 95.8 cm³/mol. The molecule has 3 unspecified atom stereocenters. The zero-order valence-corrected chi connectivity index (χ0v) is 19.5. The van der Waals surface area contributed by atoms with Crippen LogP contribution >= 0.6 is 0 Å². The Bertz CT molecular complexity index is 435. The van der Waals surface area contributed by atoms with Crippen molar-refractivity contribution in [3.63, 3.8) is 0 Å². The first-order valence-electron chi connectivity index (χ1n) is 9.67. The summed E-state index contributed by atoms with van der Waals surface area (Å²) in [5.41, 5.74) is 0. The first-order chi connectivity index (χ1) is 13.7. The second kappa shape index (κ2) is 16.9. The molecule has 0 spiro atoms. The summed E-state index contributed by atoms with van der Waals surface area (Å²) in [4.78, 5) is 18.7. The van der Waals surface area contributed by atoms with Gasteiger partial charge in [0.05, 0.1) is 13.7 Å². The normalized spacial score (nSPS) is 22.2. The van der Waals surface area contributed by atoms with Gasteiger partial charge >= 0.3 is 5.97 Å². The van der Waals surface area contributed by atoms with Crippen LogP contribution in [-0.2, 0) is 9.53 Å². The predicted octanol–water partition coefficient (Wildman–Crippen LogP) is -6.58. The van der Waals surface area contributed by atoms with Gasteiger partial charge in [-0.15, -0.1) is 0 Å². The molecule has 0 aromatic rings. The van der Waals surface area contributed by atoms with Crippen LogP contribution in [0.2, 0.25) is 0 Å². The number of esters is 1. The molecular weight excluding hydrogens is 545 g/mol. The maximum Gasteiger partial charge on any atom is 0.319 e. The van der Waals surface area contributed by atoms with E-state index >= 15 is 0 Å². The zero-order valence-electron chi connectivity index (χ0n) is 17.2. The van der Waals surface area contributed by atoms with E-state index in [1.54, 1.807) is 14.7 Å². The quantitative estimate of drug-likeness (QED) is 0.184. The largest absolute Gasteiger partial charge is 0.830 e. The zero-order chi connectivity index (χ0) is 21.8. The molecule has 0 aromatic carbocycles. The maximum atomic E-state index is 11.7. The van der Waals surface area contributed by atoms with Crippen molar-refractivity contribution in [2.75, 3.05) is 85.6 Å². The Kier molecular flexibility index (Phi) is 17.2. The van der Waals surface area contributed by atoms with Crippen molar-refractivity contribution in [2.24, 2.45) is 0 Å². The second-order valence-electron chi connectivity index (χ2n) is 7.12. The number of aliphatic hydroxyl groups excluding tert-OH is 3. The Hall–Kier alpha value is 0.395. The standard InChI is InChI=1S/C17H33N4O8.Gd/c1-29-17(28)13-21-8-6-19(11-15(24)25)4-2-18(10-14(22)23)3-5-20(7-9-21)12-16(26)27;/h14-16,22,24,26H,2-13H2,1H3;/q-3;. The third kappa shape index (κ3) is 14.5. The van der Waals surface area contributed by atoms with Crippen molar-refractivity contribution in [3.05, 3.63) is 0 Å². The Morgan fingerprint density at radius 2 is 1.00 bits per heavy atom. The van der Waals surface area contributed by atoms with Crippen LogP contribution in [0.15, 0.2) is 0 Å². The molecule has 13 heteroatoms. The summed E-state index contributed by atoms with van der Waals surface area (Å²) in [7, 11) is 1.29. The number of hydrogen-bond donors (Lipinski definition) is 3. The van der Waals surface area contributed by atoms with Crippen molar-refractivity contribution in [2.45, 2.75) is 18.9 Å². The van der Waals surface area contributed by atoms with Crippen LogP contribution in [0.1, 0.15) is 0 Å². The minimum atomic E-state index is -1.78. The van der Waals surface area contributed by atoms with Crippen molar-refractivity contribution in [1.82, 2.24) is 19.6 Å². The topological polar surface area (TPSA) is 169 Å². The van der Waals surface area contributed by atoms with Crippen molar-refractivity contribution in [1.29, 1.82) is 0 Å². The molecule has 1 saturated heterocycles. The number of aliphatic hydroxyl groups is 3.